The van der Waals surface area contributed by atoms with E-state index in [2.05, 4.69) is 19.2 Å². The van der Waals surface area contributed by atoms with E-state index in [0.29, 0.717) is 5.92 Å². The zero-order chi connectivity index (χ0) is 11.4. The van der Waals surface area contributed by atoms with E-state index in [1.807, 2.05) is 6.92 Å². The molecule has 1 nitrogen and oxygen atoms in total. The van der Waals surface area contributed by atoms with Gasteiger partial charge in [0.1, 0.15) is 11.6 Å². The molecule has 2 atom stereocenters. The van der Waals surface area contributed by atoms with E-state index in [1.54, 1.807) is 0 Å². The third kappa shape index (κ3) is 3.18. The molecule has 0 amide bonds. The number of rotatable bonds is 4. The Balaban J connectivity index is 2.75. The van der Waals surface area contributed by atoms with E-state index in [9.17, 15) is 8.78 Å². The quantitative estimate of drug-likeness (QED) is 0.801. The summed E-state index contributed by atoms with van der Waals surface area (Å²) in [5, 5.41) is 2.99. The lowest BCUT2D eigenvalue weighted by molar-refractivity contribution is 0.491. The molecule has 0 aliphatic carbocycles. The summed E-state index contributed by atoms with van der Waals surface area (Å²) in [4.78, 5) is 0. The molecular weight excluding hydrogens is 196 g/mol. The highest BCUT2D eigenvalue weighted by atomic mass is 19.1. The van der Waals surface area contributed by atoms with Gasteiger partial charge in [0.25, 0.3) is 0 Å². The zero-order valence-electron chi connectivity index (χ0n) is 9.35. The topological polar surface area (TPSA) is 12.0 Å². The van der Waals surface area contributed by atoms with Gasteiger partial charge in [0.2, 0.25) is 0 Å². The Morgan fingerprint density at radius 3 is 2.53 bits per heavy atom. The van der Waals surface area contributed by atoms with Crippen LogP contribution in [0.4, 0.5) is 14.5 Å². The summed E-state index contributed by atoms with van der Waals surface area (Å²) in [6, 6.07) is 3.58. The monoisotopic (exact) mass is 213 g/mol. The fourth-order valence-electron chi connectivity index (χ4n) is 1.35. The number of nitrogens with one attached hydrogen (secondary N) is 1. The second kappa shape index (κ2) is 5.10. The van der Waals surface area contributed by atoms with Gasteiger partial charge in [-0.15, -0.1) is 0 Å². The second-order valence-electron chi connectivity index (χ2n) is 3.94. The Kier molecular flexibility index (Phi) is 4.06. The van der Waals surface area contributed by atoms with Gasteiger partial charge >= 0.3 is 0 Å². The SMILES string of the molecule is CCC(C)[C@H](C)Nc1cc(F)ccc1F. The summed E-state index contributed by atoms with van der Waals surface area (Å²) in [5.74, 6) is -0.408. The summed E-state index contributed by atoms with van der Waals surface area (Å²) < 4.78 is 26.1. The Morgan fingerprint density at radius 1 is 1.27 bits per heavy atom. The number of hydrogen-bond donors (Lipinski definition) is 1. The molecule has 0 saturated carbocycles. The molecule has 1 aromatic rings. The van der Waals surface area contributed by atoms with E-state index in [1.165, 1.54) is 6.07 Å². The van der Waals surface area contributed by atoms with Crippen molar-refractivity contribution in [3.8, 4) is 0 Å². The van der Waals surface area contributed by atoms with Crippen molar-refractivity contribution in [3.05, 3.63) is 29.8 Å². The Hall–Kier alpha value is -1.12. The minimum absolute atomic E-state index is 0.131. The van der Waals surface area contributed by atoms with Crippen molar-refractivity contribution in [3.63, 3.8) is 0 Å². The summed E-state index contributed by atoms with van der Waals surface area (Å²) in [6.45, 7) is 6.12. The molecule has 0 aliphatic rings. The third-order valence-electron chi connectivity index (χ3n) is 2.81. The van der Waals surface area contributed by atoms with Gasteiger partial charge in [-0.1, -0.05) is 20.3 Å². The van der Waals surface area contributed by atoms with Gasteiger partial charge in [0, 0.05) is 6.04 Å². The molecule has 0 aliphatic heterocycles. The fourth-order valence-corrected chi connectivity index (χ4v) is 1.35. The van der Waals surface area contributed by atoms with Crippen LogP contribution in [0.2, 0.25) is 0 Å². The van der Waals surface area contributed by atoms with Crippen molar-refractivity contribution < 1.29 is 8.78 Å². The van der Waals surface area contributed by atoms with Crippen LogP contribution < -0.4 is 5.32 Å². The standard InChI is InChI=1S/C12H17F2N/c1-4-8(2)9(3)15-12-7-10(13)5-6-11(12)14/h5-9,15H,4H2,1-3H3/t8?,9-/m0/s1. The summed E-state index contributed by atoms with van der Waals surface area (Å²) in [6.07, 6.45) is 1.01. The van der Waals surface area contributed by atoms with Crippen LogP contribution in [0.3, 0.4) is 0 Å². The van der Waals surface area contributed by atoms with Gasteiger partial charge in [0.05, 0.1) is 5.69 Å². The molecule has 0 spiro atoms. The lowest BCUT2D eigenvalue weighted by atomic mass is 10.0. The van der Waals surface area contributed by atoms with Crippen LogP contribution in [0.1, 0.15) is 27.2 Å². The maximum atomic E-state index is 13.3. The van der Waals surface area contributed by atoms with E-state index >= 15 is 0 Å². The van der Waals surface area contributed by atoms with Gasteiger partial charge in [-0.2, -0.15) is 0 Å². The molecule has 1 aromatic carbocycles. The third-order valence-corrected chi connectivity index (χ3v) is 2.81. The van der Waals surface area contributed by atoms with Gasteiger partial charge in [-0.25, -0.2) is 8.78 Å². The molecule has 1 unspecified atom stereocenters. The molecule has 15 heavy (non-hydrogen) atoms. The van der Waals surface area contributed by atoms with Crippen LogP contribution in [-0.4, -0.2) is 6.04 Å². The zero-order valence-corrected chi connectivity index (χ0v) is 9.35. The molecule has 1 N–H and O–H groups in total. The van der Waals surface area contributed by atoms with Crippen LogP contribution >= 0.6 is 0 Å². The number of benzene rings is 1. The maximum Gasteiger partial charge on any atom is 0.146 e. The fraction of sp³-hybridized carbons (Fsp3) is 0.500. The normalized spacial score (nSPS) is 14.7. The molecule has 1 rings (SSSR count). The summed E-state index contributed by atoms with van der Waals surface area (Å²) >= 11 is 0. The Morgan fingerprint density at radius 2 is 1.93 bits per heavy atom. The van der Waals surface area contributed by atoms with Crippen LogP contribution in [0.25, 0.3) is 0 Å². The first-order chi connectivity index (χ1) is 7.04. The molecule has 0 fully saturated rings. The second-order valence-corrected chi connectivity index (χ2v) is 3.94. The van der Waals surface area contributed by atoms with E-state index in [-0.39, 0.29) is 11.7 Å². The summed E-state index contributed by atoms with van der Waals surface area (Å²) in [7, 11) is 0. The van der Waals surface area contributed by atoms with Gasteiger partial charge in [-0.3, -0.25) is 0 Å². The maximum absolute atomic E-state index is 13.3. The number of hydrogen-bond acceptors (Lipinski definition) is 1. The Bertz CT molecular complexity index is 325. The van der Waals surface area contributed by atoms with Crippen molar-refractivity contribution in [2.45, 2.75) is 33.2 Å². The number of anilines is 1. The average molecular weight is 213 g/mol. The first-order valence-corrected chi connectivity index (χ1v) is 5.26. The Labute approximate surface area is 89.5 Å². The first-order valence-electron chi connectivity index (χ1n) is 5.26. The predicted molar refractivity (Wildman–Crippen MR) is 58.9 cm³/mol. The van der Waals surface area contributed by atoms with Crippen molar-refractivity contribution in [1.82, 2.24) is 0 Å². The molecule has 84 valence electrons. The largest absolute Gasteiger partial charge is 0.380 e. The van der Waals surface area contributed by atoms with Crippen molar-refractivity contribution in [1.29, 1.82) is 0 Å². The minimum Gasteiger partial charge on any atom is -0.380 e. The molecule has 3 heteroatoms. The highest BCUT2D eigenvalue weighted by Gasteiger charge is 2.12. The predicted octanol–water partition coefficient (Wildman–Crippen LogP) is 3.81. The molecular formula is C12H17F2N. The summed E-state index contributed by atoms with van der Waals surface area (Å²) in [5.41, 5.74) is 0.239. The highest BCUT2D eigenvalue weighted by Crippen LogP contribution is 2.19. The van der Waals surface area contributed by atoms with E-state index < -0.39 is 11.6 Å². The molecule has 0 heterocycles. The van der Waals surface area contributed by atoms with E-state index in [4.69, 9.17) is 0 Å². The molecule has 0 bridgehead atoms. The van der Waals surface area contributed by atoms with Gasteiger partial charge in [0.15, 0.2) is 0 Å². The van der Waals surface area contributed by atoms with Crippen LogP contribution in [0.5, 0.6) is 0 Å². The molecule has 0 radical (unpaired) electrons. The van der Waals surface area contributed by atoms with Crippen molar-refractivity contribution in [2.24, 2.45) is 5.92 Å². The van der Waals surface area contributed by atoms with Crippen molar-refractivity contribution >= 4 is 5.69 Å². The van der Waals surface area contributed by atoms with Crippen LogP contribution in [-0.2, 0) is 0 Å². The van der Waals surface area contributed by atoms with Gasteiger partial charge in [-0.05, 0) is 31.0 Å². The van der Waals surface area contributed by atoms with Crippen LogP contribution in [0, 0.1) is 17.6 Å². The number of halogens is 2. The van der Waals surface area contributed by atoms with E-state index in [0.717, 1.165) is 18.6 Å². The van der Waals surface area contributed by atoms with Crippen molar-refractivity contribution in [2.75, 3.05) is 5.32 Å². The lowest BCUT2D eigenvalue weighted by Gasteiger charge is -2.21. The first kappa shape index (κ1) is 12.0. The smallest absolute Gasteiger partial charge is 0.146 e. The average Bonchev–Trinajstić information content (AvgIpc) is 2.22. The molecule has 0 aromatic heterocycles. The molecule has 0 saturated heterocycles. The highest BCUT2D eigenvalue weighted by molar-refractivity contribution is 5.45. The van der Waals surface area contributed by atoms with Crippen LogP contribution in [0.15, 0.2) is 18.2 Å². The minimum atomic E-state index is -0.421. The lowest BCUT2D eigenvalue weighted by Crippen LogP contribution is -2.23. The van der Waals surface area contributed by atoms with Gasteiger partial charge < -0.3 is 5.32 Å².